The molecule has 152 valence electrons. The van der Waals surface area contributed by atoms with Crippen molar-refractivity contribution in [3.63, 3.8) is 0 Å². The van der Waals surface area contributed by atoms with E-state index in [2.05, 4.69) is 10.3 Å². The van der Waals surface area contributed by atoms with Gasteiger partial charge >= 0.3 is 0 Å². The molecule has 0 bridgehead atoms. The number of fused-ring (bicyclic) bond motifs is 1. The van der Waals surface area contributed by atoms with Crippen molar-refractivity contribution in [2.45, 2.75) is 11.8 Å². The summed E-state index contributed by atoms with van der Waals surface area (Å²) < 4.78 is 31.2. The maximum atomic E-state index is 13.0. The lowest BCUT2D eigenvalue weighted by Gasteiger charge is -2.15. The minimum atomic E-state index is -3.70. The molecule has 0 radical (unpaired) electrons. The Morgan fingerprint density at radius 3 is 2.55 bits per heavy atom. The molecule has 0 aliphatic rings. The third kappa shape index (κ3) is 3.91. The Morgan fingerprint density at radius 2 is 1.90 bits per heavy atom. The zero-order valence-electron chi connectivity index (χ0n) is 16.4. The van der Waals surface area contributed by atoms with E-state index in [1.54, 1.807) is 24.4 Å². The van der Waals surface area contributed by atoms with E-state index in [0.717, 1.165) is 15.3 Å². The Hall–Kier alpha value is -2.68. The molecule has 1 aromatic heterocycles. The quantitative estimate of drug-likeness (QED) is 0.662. The van der Waals surface area contributed by atoms with Gasteiger partial charge in [-0.1, -0.05) is 11.6 Å². The molecule has 29 heavy (non-hydrogen) atoms. The zero-order chi connectivity index (χ0) is 21.3. The van der Waals surface area contributed by atoms with Gasteiger partial charge in [0.15, 0.2) is 0 Å². The molecule has 1 amide bonds. The molecule has 0 atom stereocenters. The first-order chi connectivity index (χ1) is 13.7. The second-order valence-corrected chi connectivity index (χ2v) is 9.09. The van der Waals surface area contributed by atoms with Gasteiger partial charge in [-0.25, -0.2) is 12.7 Å². The molecule has 0 saturated carbocycles. The van der Waals surface area contributed by atoms with Crippen molar-refractivity contribution < 1.29 is 17.9 Å². The minimum Gasteiger partial charge on any atom is -0.496 e. The van der Waals surface area contributed by atoms with Gasteiger partial charge in [-0.3, -0.25) is 9.78 Å². The number of ether oxygens (including phenoxy) is 1. The summed E-state index contributed by atoms with van der Waals surface area (Å²) >= 11 is 6.16. The zero-order valence-corrected chi connectivity index (χ0v) is 17.9. The first kappa shape index (κ1) is 21.0. The van der Waals surface area contributed by atoms with E-state index in [1.807, 2.05) is 6.92 Å². The SMILES string of the molecule is COc1ccc(S(=O)(=O)N(C)C)cc1C(=O)Nc1ccnc2c(C)c(Cl)ccc12. The molecule has 0 fully saturated rings. The highest BCUT2D eigenvalue weighted by Crippen LogP contribution is 2.30. The summed E-state index contributed by atoms with van der Waals surface area (Å²) in [5, 5.41) is 4.12. The van der Waals surface area contributed by atoms with Crippen LogP contribution in [0.15, 0.2) is 47.5 Å². The third-order valence-electron chi connectivity index (χ3n) is 4.54. The molecule has 0 saturated heterocycles. The van der Waals surface area contributed by atoms with E-state index in [-0.39, 0.29) is 16.2 Å². The van der Waals surface area contributed by atoms with Gasteiger partial charge in [-0.05, 0) is 48.9 Å². The number of anilines is 1. The standard InChI is InChI=1S/C20H20ClN3O4S/c1-12-16(21)7-6-14-17(9-10-22-19(12)14)23-20(25)15-11-13(5-8-18(15)28-4)29(26,27)24(2)3/h5-11H,1-4H3,(H,22,23,25). The highest BCUT2D eigenvalue weighted by molar-refractivity contribution is 7.89. The fourth-order valence-electron chi connectivity index (χ4n) is 2.87. The van der Waals surface area contributed by atoms with E-state index in [4.69, 9.17) is 16.3 Å². The molecule has 3 aromatic rings. The smallest absolute Gasteiger partial charge is 0.259 e. The third-order valence-corrected chi connectivity index (χ3v) is 6.76. The van der Waals surface area contributed by atoms with Crippen LogP contribution in [0.5, 0.6) is 5.75 Å². The number of nitrogens with zero attached hydrogens (tertiary/aromatic N) is 2. The van der Waals surface area contributed by atoms with Crippen LogP contribution < -0.4 is 10.1 Å². The number of halogens is 1. The Bertz CT molecular complexity index is 1210. The topological polar surface area (TPSA) is 88.6 Å². The van der Waals surface area contributed by atoms with Crippen LogP contribution in [0.25, 0.3) is 10.9 Å². The fraction of sp³-hybridized carbons (Fsp3) is 0.200. The molecule has 0 aliphatic carbocycles. The Balaban J connectivity index is 2.06. The van der Waals surface area contributed by atoms with E-state index in [0.29, 0.717) is 16.2 Å². The fourth-order valence-corrected chi connectivity index (χ4v) is 3.95. The predicted molar refractivity (Wildman–Crippen MR) is 113 cm³/mol. The summed E-state index contributed by atoms with van der Waals surface area (Å²) in [5.74, 6) is -0.240. The normalized spacial score (nSPS) is 11.7. The van der Waals surface area contributed by atoms with Crippen LogP contribution in [0, 0.1) is 6.92 Å². The average Bonchev–Trinajstić information content (AvgIpc) is 2.70. The Labute approximate surface area is 174 Å². The second kappa shape index (κ2) is 7.98. The van der Waals surface area contributed by atoms with Crippen molar-refractivity contribution in [3.8, 4) is 5.75 Å². The maximum Gasteiger partial charge on any atom is 0.259 e. The molecular formula is C20H20ClN3O4S. The highest BCUT2D eigenvalue weighted by Gasteiger charge is 2.22. The van der Waals surface area contributed by atoms with Crippen LogP contribution in [0.2, 0.25) is 5.02 Å². The number of nitrogens with one attached hydrogen (secondary N) is 1. The molecule has 1 N–H and O–H groups in total. The van der Waals surface area contributed by atoms with Crippen molar-refractivity contribution in [1.29, 1.82) is 0 Å². The van der Waals surface area contributed by atoms with Crippen LogP contribution in [0.4, 0.5) is 5.69 Å². The van der Waals surface area contributed by atoms with Gasteiger partial charge in [0.25, 0.3) is 5.91 Å². The van der Waals surface area contributed by atoms with Gasteiger partial charge in [0.2, 0.25) is 10.0 Å². The number of hydrogen-bond donors (Lipinski definition) is 1. The van der Waals surface area contributed by atoms with Crippen LogP contribution in [0.3, 0.4) is 0 Å². The molecule has 2 aromatic carbocycles. The van der Waals surface area contributed by atoms with Crippen molar-refractivity contribution >= 4 is 44.1 Å². The number of aromatic nitrogens is 1. The Kier molecular flexibility index (Phi) is 5.79. The van der Waals surface area contributed by atoms with Crippen molar-refractivity contribution in [3.05, 3.63) is 58.7 Å². The first-order valence-electron chi connectivity index (χ1n) is 8.62. The molecule has 3 rings (SSSR count). The molecular weight excluding hydrogens is 414 g/mol. The van der Waals surface area contributed by atoms with Crippen molar-refractivity contribution in [2.75, 3.05) is 26.5 Å². The van der Waals surface area contributed by atoms with Crippen LogP contribution >= 0.6 is 11.6 Å². The van der Waals surface area contributed by atoms with Gasteiger partial charge in [0.05, 0.1) is 28.8 Å². The lowest BCUT2D eigenvalue weighted by atomic mass is 10.1. The molecule has 0 aliphatic heterocycles. The van der Waals surface area contributed by atoms with Gasteiger partial charge < -0.3 is 10.1 Å². The molecule has 9 heteroatoms. The number of aryl methyl sites for hydroxylation is 1. The number of pyridine rings is 1. The van der Waals surface area contributed by atoms with Crippen molar-refractivity contribution in [2.24, 2.45) is 0 Å². The molecule has 0 spiro atoms. The average molecular weight is 434 g/mol. The van der Waals surface area contributed by atoms with Crippen LogP contribution in [-0.2, 0) is 10.0 Å². The summed E-state index contributed by atoms with van der Waals surface area (Å²) in [6.45, 7) is 1.85. The van der Waals surface area contributed by atoms with Gasteiger partial charge in [-0.15, -0.1) is 0 Å². The largest absolute Gasteiger partial charge is 0.496 e. The number of methoxy groups -OCH3 is 1. The number of amides is 1. The van der Waals surface area contributed by atoms with E-state index in [9.17, 15) is 13.2 Å². The predicted octanol–water partition coefficient (Wildman–Crippen LogP) is 3.71. The van der Waals surface area contributed by atoms with Crippen molar-refractivity contribution in [1.82, 2.24) is 9.29 Å². The lowest BCUT2D eigenvalue weighted by Crippen LogP contribution is -2.23. The summed E-state index contributed by atoms with van der Waals surface area (Å²) in [6.07, 6.45) is 1.57. The second-order valence-electron chi connectivity index (χ2n) is 6.53. The number of hydrogen-bond acceptors (Lipinski definition) is 5. The van der Waals surface area contributed by atoms with Gasteiger partial charge in [0.1, 0.15) is 5.75 Å². The number of carbonyl (C=O) groups excluding carboxylic acids is 1. The maximum absolute atomic E-state index is 13.0. The number of sulfonamides is 1. The van der Waals surface area contributed by atoms with E-state index < -0.39 is 15.9 Å². The number of rotatable bonds is 5. The molecule has 7 nitrogen and oxygen atoms in total. The summed E-state index contributed by atoms with van der Waals surface area (Å²) in [7, 11) is 0.566. The molecule has 0 unspecified atom stereocenters. The number of carbonyl (C=O) groups is 1. The summed E-state index contributed by atoms with van der Waals surface area (Å²) in [5.41, 5.74) is 2.11. The van der Waals surface area contributed by atoms with E-state index in [1.165, 1.54) is 39.4 Å². The van der Waals surface area contributed by atoms with Crippen LogP contribution in [-0.4, -0.2) is 44.8 Å². The first-order valence-corrected chi connectivity index (χ1v) is 10.4. The highest BCUT2D eigenvalue weighted by atomic mass is 35.5. The minimum absolute atomic E-state index is 0.00402. The van der Waals surface area contributed by atoms with Gasteiger partial charge in [-0.2, -0.15) is 0 Å². The van der Waals surface area contributed by atoms with Crippen LogP contribution in [0.1, 0.15) is 15.9 Å². The number of benzene rings is 2. The summed E-state index contributed by atoms with van der Waals surface area (Å²) in [6, 6.07) is 9.34. The van der Waals surface area contributed by atoms with Gasteiger partial charge in [0, 0.05) is 30.7 Å². The summed E-state index contributed by atoms with van der Waals surface area (Å²) in [4.78, 5) is 17.3. The monoisotopic (exact) mass is 433 g/mol. The Morgan fingerprint density at radius 1 is 1.17 bits per heavy atom. The lowest BCUT2D eigenvalue weighted by molar-refractivity contribution is 0.102. The van der Waals surface area contributed by atoms with E-state index >= 15 is 0 Å². The molecule has 1 heterocycles.